The quantitative estimate of drug-likeness (QED) is 0.194. The Morgan fingerprint density at radius 2 is 1.67 bits per heavy atom. The van der Waals surface area contributed by atoms with Crippen molar-refractivity contribution in [3.8, 4) is 0 Å². The summed E-state index contributed by atoms with van der Waals surface area (Å²) in [5.74, 6) is -1.92. The molecule has 2 aliphatic rings. The maximum Gasteiger partial charge on any atom is 0.490 e. The normalized spacial score (nSPS) is 20.8. The standard InChI is InChI=1S/C34H31F3N6O5/c35-34(36,37)32(46)48-28-27(45)25(18-44)47-31(28)43-19-39-26-29(38-17-23(20-9-3-1-4-10-20)21-11-5-2-6-12-21)40-33(41-30(26)43)42-16-15-22-13-7-8-14-24(22)42/h1-14,19,23,25,27-28,31,44-45H,15-18H2,(H,38,40,41)/t25-,27-,28-,31-/m1/s1. The number of benzene rings is 3. The number of carbonyl (C=O) groups is 1. The topological polar surface area (TPSA) is 135 Å². The molecule has 4 heterocycles. The molecule has 7 rings (SSSR count). The third kappa shape index (κ3) is 5.93. The number of hydrogen-bond acceptors (Lipinski definition) is 10. The van der Waals surface area contributed by atoms with Crippen molar-refractivity contribution in [2.45, 2.75) is 43.1 Å². The van der Waals surface area contributed by atoms with Crippen LogP contribution in [0, 0.1) is 0 Å². The highest BCUT2D eigenvalue weighted by Crippen LogP contribution is 2.38. The van der Waals surface area contributed by atoms with Crippen molar-refractivity contribution in [1.29, 1.82) is 0 Å². The predicted octanol–water partition coefficient (Wildman–Crippen LogP) is 4.49. The maximum atomic E-state index is 13.2. The molecule has 48 heavy (non-hydrogen) atoms. The van der Waals surface area contributed by atoms with Crippen LogP contribution >= 0.6 is 0 Å². The van der Waals surface area contributed by atoms with Gasteiger partial charge in [-0.25, -0.2) is 9.78 Å². The Kier molecular flexibility index (Phi) is 8.45. The molecular formula is C34H31F3N6O5. The molecule has 1 fully saturated rings. The number of rotatable bonds is 9. The molecule has 2 aliphatic heterocycles. The van der Waals surface area contributed by atoms with Crippen molar-refractivity contribution in [2.75, 3.05) is 29.9 Å². The number of halogens is 3. The molecule has 0 unspecified atom stereocenters. The van der Waals surface area contributed by atoms with Crippen molar-refractivity contribution >= 4 is 34.6 Å². The third-order valence-electron chi connectivity index (χ3n) is 8.66. The number of nitrogens with one attached hydrogen (secondary N) is 1. The van der Waals surface area contributed by atoms with Crippen molar-refractivity contribution in [1.82, 2.24) is 19.5 Å². The fraction of sp³-hybridized carbons (Fsp3) is 0.294. The average molecular weight is 661 g/mol. The van der Waals surface area contributed by atoms with E-state index >= 15 is 0 Å². The van der Waals surface area contributed by atoms with Crippen LogP contribution in [0.4, 0.5) is 30.6 Å². The lowest BCUT2D eigenvalue weighted by Crippen LogP contribution is -2.40. The molecule has 2 aromatic heterocycles. The first-order chi connectivity index (χ1) is 23.2. The summed E-state index contributed by atoms with van der Waals surface area (Å²) in [6.45, 7) is 0.245. The number of nitrogens with zero attached hydrogens (tertiary/aromatic N) is 5. The van der Waals surface area contributed by atoms with Gasteiger partial charge in [-0.3, -0.25) is 4.57 Å². The van der Waals surface area contributed by atoms with Crippen LogP contribution in [0.5, 0.6) is 0 Å². The number of aliphatic hydroxyl groups is 2. The monoisotopic (exact) mass is 660 g/mol. The van der Waals surface area contributed by atoms with Crippen LogP contribution in [0.1, 0.15) is 28.8 Å². The van der Waals surface area contributed by atoms with Crippen LogP contribution in [-0.2, 0) is 20.7 Å². The number of aromatic nitrogens is 4. The zero-order valence-electron chi connectivity index (χ0n) is 25.4. The van der Waals surface area contributed by atoms with Gasteiger partial charge in [0.05, 0.1) is 12.9 Å². The van der Waals surface area contributed by atoms with E-state index in [4.69, 9.17) is 19.4 Å². The minimum absolute atomic E-state index is 0.0831. The molecule has 0 radical (unpaired) electrons. The van der Waals surface area contributed by atoms with Gasteiger partial charge < -0.3 is 29.9 Å². The lowest BCUT2D eigenvalue weighted by Gasteiger charge is -2.23. The lowest BCUT2D eigenvalue weighted by molar-refractivity contribution is -0.211. The first kappa shape index (κ1) is 31.5. The van der Waals surface area contributed by atoms with Gasteiger partial charge >= 0.3 is 12.1 Å². The van der Waals surface area contributed by atoms with Crippen molar-refractivity contribution in [3.05, 3.63) is 108 Å². The number of hydrogen-bond donors (Lipinski definition) is 3. The fourth-order valence-corrected chi connectivity index (χ4v) is 6.29. The van der Waals surface area contributed by atoms with E-state index in [1.54, 1.807) is 0 Å². The summed E-state index contributed by atoms with van der Waals surface area (Å²) in [5, 5.41) is 24.0. The van der Waals surface area contributed by atoms with Crippen molar-refractivity contribution in [3.63, 3.8) is 0 Å². The number of imidazole rings is 1. The number of fused-ring (bicyclic) bond motifs is 2. The summed E-state index contributed by atoms with van der Waals surface area (Å²) in [5.41, 5.74) is 4.58. The molecule has 3 N–H and O–H groups in total. The summed E-state index contributed by atoms with van der Waals surface area (Å²) in [7, 11) is 0. The van der Waals surface area contributed by atoms with Crippen LogP contribution in [0.3, 0.4) is 0 Å². The largest absolute Gasteiger partial charge is 0.490 e. The Balaban J connectivity index is 1.31. The molecule has 0 bridgehead atoms. The molecule has 248 valence electrons. The summed E-state index contributed by atoms with van der Waals surface area (Å²) in [6, 6.07) is 27.8. The second-order valence-electron chi connectivity index (χ2n) is 11.6. The van der Waals surface area contributed by atoms with Crippen LogP contribution in [0.25, 0.3) is 11.2 Å². The highest BCUT2D eigenvalue weighted by Gasteiger charge is 2.51. The summed E-state index contributed by atoms with van der Waals surface area (Å²) in [4.78, 5) is 28.0. The molecule has 0 amide bonds. The van der Waals surface area contributed by atoms with E-state index < -0.39 is 43.3 Å². The zero-order valence-corrected chi connectivity index (χ0v) is 25.4. The first-order valence-corrected chi connectivity index (χ1v) is 15.4. The molecule has 4 atom stereocenters. The maximum absolute atomic E-state index is 13.2. The van der Waals surface area contributed by atoms with E-state index in [0.717, 1.165) is 28.8 Å². The van der Waals surface area contributed by atoms with Crippen LogP contribution in [-0.4, -0.2) is 79.9 Å². The van der Waals surface area contributed by atoms with Gasteiger partial charge in [0, 0.05) is 24.7 Å². The van der Waals surface area contributed by atoms with E-state index in [-0.39, 0.29) is 17.1 Å². The summed E-state index contributed by atoms with van der Waals surface area (Å²) < 4.78 is 51.5. The molecule has 1 saturated heterocycles. The minimum Gasteiger partial charge on any atom is -0.448 e. The molecule has 11 nitrogen and oxygen atoms in total. The van der Waals surface area contributed by atoms with Gasteiger partial charge in [-0.15, -0.1) is 0 Å². The molecule has 3 aromatic carbocycles. The average Bonchev–Trinajstić information content (AvgIpc) is 3.81. The SMILES string of the molecule is O=C(O[C@@H]1[C@H](O)[C@@H](CO)O[C@H]1n1cnc2c(NCC(c3ccccc3)c3ccccc3)nc(N3CCc4ccccc43)nc21)C(F)(F)F. The Hall–Kier alpha value is -5.05. The van der Waals surface area contributed by atoms with Crippen LogP contribution in [0.2, 0.25) is 0 Å². The highest BCUT2D eigenvalue weighted by molar-refractivity contribution is 5.85. The van der Waals surface area contributed by atoms with Gasteiger partial charge in [-0.2, -0.15) is 23.1 Å². The molecule has 0 saturated carbocycles. The van der Waals surface area contributed by atoms with E-state index in [0.29, 0.717) is 24.9 Å². The number of esters is 1. The summed E-state index contributed by atoms with van der Waals surface area (Å²) in [6.07, 6.45) is -9.69. The molecule has 5 aromatic rings. The van der Waals surface area contributed by atoms with Crippen molar-refractivity contribution < 1.29 is 37.7 Å². The van der Waals surface area contributed by atoms with Crippen molar-refractivity contribution in [2.24, 2.45) is 0 Å². The Morgan fingerprint density at radius 3 is 2.33 bits per heavy atom. The van der Waals surface area contributed by atoms with Gasteiger partial charge in [0.25, 0.3) is 0 Å². The number of alkyl halides is 3. The number of para-hydroxylation sites is 1. The third-order valence-corrected chi connectivity index (χ3v) is 8.66. The Morgan fingerprint density at radius 1 is 1.00 bits per heavy atom. The zero-order chi connectivity index (χ0) is 33.4. The molecule has 14 heteroatoms. The van der Waals surface area contributed by atoms with E-state index in [9.17, 15) is 28.2 Å². The van der Waals surface area contributed by atoms with E-state index in [2.05, 4.69) is 10.3 Å². The highest BCUT2D eigenvalue weighted by atomic mass is 19.4. The second kappa shape index (κ2) is 12.9. The molecule has 0 aliphatic carbocycles. The van der Waals surface area contributed by atoms with Crippen LogP contribution in [0.15, 0.2) is 91.3 Å². The van der Waals surface area contributed by atoms with Gasteiger partial charge in [0.1, 0.15) is 12.2 Å². The van der Waals surface area contributed by atoms with Gasteiger partial charge in [-0.05, 0) is 29.2 Å². The predicted molar refractivity (Wildman–Crippen MR) is 169 cm³/mol. The van der Waals surface area contributed by atoms with Gasteiger partial charge in [0.15, 0.2) is 29.3 Å². The molecule has 0 spiro atoms. The number of ether oxygens (including phenoxy) is 2. The number of carbonyl (C=O) groups excluding carboxylic acids is 1. The first-order valence-electron chi connectivity index (χ1n) is 15.4. The van der Waals surface area contributed by atoms with Crippen LogP contribution < -0.4 is 10.2 Å². The fourth-order valence-electron chi connectivity index (χ4n) is 6.29. The minimum atomic E-state index is -5.32. The number of anilines is 3. The Bertz CT molecular complexity index is 1870. The molecular weight excluding hydrogens is 629 g/mol. The Labute approximate surface area is 272 Å². The number of aliphatic hydroxyl groups excluding tert-OH is 2. The van der Waals surface area contributed by atoms with Gasteiger partial charge in [0.2, 0.25) is 5.95 Å². The second-order valence-corrected chi connectivity index (χ2v) is 11.6. The summed E-state index contributed by atoms with van der Waals surface area (Å²) >= 11 is 0. The van der Waals surface area contributed by atoms with E-state index in [1.807, 2.05) is 89.8 Å². The smallest absolute Gasteiger partial charge is 0.448 e. The van der Waals surface area contributed by atoms with Gasteiger partial charge in [-0.1, -0.05) is 78.9 Å². The lowest BCUT2D eigenvalue weighted by atomic mass is 9.91. The van der Waals surface area contributed by atoms with E-state index in [1.165, 1.54) is 10.9 Å².